The molecule has 0 unspecified atom stereocenters. The third-order valence-electron chi connectivity index (χ3n) is 5.95. The molecule has 1 aromatic carbocycles. The molecule has 2 aliphatic heterocycles. The highest BCUT2D eigenvalue weighted by Gasteiger charge is 2.12. The zero-order valence-electron chi connectivity index (χ0n) is 21.0. The van der Waals surface area contributed by atoms with E-state index in [9.17, 15) is 0 Å². The summed E-state index contributed by atoms with van der Waals surface area (Å²) in [6, 6.07) is 4.07. The monoisotopic (exact) mass is 508 g/mol. The van der Waals surface area contributed by atoms with E-state index in [-0.39, 0.29) is 24.8 Å². The van der Waals surface area contributed by atoms with Gasteiger partial charge in [-0.2, -0.15) is 0 Å². The molecule has 0 radical (unpaired) electrons. The lowest BCUT2D eigenvalue weighted by Gasteiger charge is -2.23. The summed E-state index contributed by atoms with van der Waals surface area (Å²) in [5, 5.41) is 0. The van der Waals surface area contributed by atoms with E-state index < -0.39 is 0 Å². The van der Waals surface area contributed by atoms with E-state index in [1.807, 2.05) is 6.07 Å². The van der Waals surface area contributed by atoms with E-state index in [4.69, 9.17) is 9.47 Å². The highest BCUT2D eigenvalue weighted by atomic mass is 35.5. The van der Waals surface area contributed by atoms with E-state index in [1.54, 1.807) is 0 Å². The number of likely N-dealkylation sites (tertiary alicyclic amines) is 2. The van der Waals surface area contributed by atoms with Crippen LogP contribution in [-0.4, -0.2) is 62.3 Å². The van der Waals surface area contributed by atoms with Crippen molar-refractivity contribution in [2.45, 2.75) is 65.2 Å². The van der Waals surface area contributed by atoms with E-state index in [1.165, 1.54) is 38.5 Å². The molecule has 0 saturated carbocycles. The predicted molar refractivity (Wildman–Crippen MR) is 147 cm³/mol. The van der Waals surface area contributed by atoms with Gasteiger partial charge in [-0.05, 0) is 70.8 Å². The summed E-state index contributed by atoms with van der Waals surface area (Å²) in [6.45, 7) is 11.9. The SMILES string of the molecule is CCCOc1cc(OCCC)c(C#CCN2CCCCC2)cc1C#CCN1CCCCC1.Cl.Cl. The molecule has 0 spiro atoms. The molecule has 3 rings (SSSR count). The first-order valence-corrected chi connectivity index (χ1v) is 12.7. The Bertz CT molecular complexity index is 761. The largest absolute Gasteiger partial charge is 0.492 e. The average Bonchev–Trinajstić information content (AvgIpc) is 2.84. The predicted octanol–water partition coefficient (Wildman–Crippen LogP) is 5.78. The Kier molecular flexibility index (Phi) is 16.0. The topological polar surface area (TPSA) is 24.9 Å². The zero-order chi connectivity index (χ0) is 22.4. The van der Waals surface area contributed by atoms with Gasteiger partial charge in [-0.15, -0.1) is 24.8 Å². The van der Waals surface area contributed by atoms with Gasteiger partial charge in [0.05, 0.1) is 37.4 Å². The molecule has 0 amide bonds. The van der Waals surface area contributed by atoms with Gasteiger partial charge < -0.3 is 9.47 Å². The Hall–Kier alpha value is -1.56. The molecular formula is C28H42Cl2N2O2. The van der Waals surface area contributed by atoms with Crippen LogP contribution in [0, 0.1) is 23.7 Å². The van der Waals surface area contributed by atoms with Gasteiger partial charge in [-0.1, -0.05) is 50.4 Å². The number of benzene rings is 1. The second-order valence-corrected chi connectivity index (χ2v) is 8.82. The number of ether oxygens (including phenoxy) is 2. The maximum Gasteiger partial charge on any atom is 0.138 e. The smallest absolute Gasteiger partial charge is 0.138 e. The highest BCUT2D eigenvalue weighted by molar-refractivity contribution is 5.85. The molecule has 0 N–H and O–H groups in total. The standard InChI is InChI=1S/C28H40N2O2.2ClH/c1-3-21-31-27-24-28(32-22-4-2)26(14-12-20-30-17-9-6-10-18-30)23-25(27)13-11-19-29-15-7-5-8-16-29;;/h23-24H,3-10,15-22H2,1-2H3;2*1H. The molecule has 1 aromatic rings. The normalized spacial score (nSPS) is 16.1. The Morgan fingerprint density at radius 3 is 1.44 bits per heavy atom. The summed E-state index contributed by atoms with van der Waals surface area (Å²) in [7, 11) is 0. The van der Waals surface area contributed by atoms with Gasteiger partial charge >= 0.3 is 0 Å². The van der Waals surface area contributed by atoms with Gasteiger partial charge in [0.15, 0.2) is 0 Å². The van der Waals surface area contributed by atoms with Crippen LogP contribution in [0.25, 0.3) is 0 Å². The third kappa shape index (κ3) is 10.4. The van der Waals surface area contributed by atoms with Crippen LogP contribution in [0.15, 0.2) is 12.1 Å². The molecule has 4 nitrogen and oxygen atoms in total. The summed E-state index contributed by atoms with van der Waals surface area (Å²) in [6.07, 6.45) is 9.75. The summed E-state index contributed by atoms with van der Waals surface area (Å²) < 4.78 is 12.1. The molecule has 0 aromatic heterocycles. The molecule has 2 fully saturated rings. The zero-order valence-corrected chi connectivity index (χ0v) is 22.6. The third-order valence-corrected chi connectivity index (χ3v) is 5.95. The summed E-state index contributed by atoms with van der Waals surface area (Å²) >= 11 is 0. The Labute approximate surface area is 219 Å². The van der Waals surface area contributed by atoms with Crippen molar-refractivity contribution in [3.63, 3.8) is 0 Å². The Morgan fingerprint density at radius 1 is 0.647 bits per heavy atom. The van der Waals surface area contributed by atoms with Crippen molar-refractivity contribution < 1.29 is 9.47 Å². The quantitative estimate of drug-likeness (QED) is 0.415. The summed E-state index contributed by atoms with van der Waals surface area (Å²) in [5.41, 5.74) is 1.84. The van der Waals surface area contributed by atoms with Gasteiger partial charge in [0.25, 0.3) is 0 Å². The molecule has 0 atom stereocenters. The number of hydrogen-bond acceptors (Lipinski definition) is 4. The second-order valence-electron chi connectivity index (χ2n) is 8.82. The fourth-order valence-electron chi connectivity index (χ4n) is 4.15. The van der Waals surface area contributed by atoms with Gasteiger partial charge in [-0.25, -0.2) is 0 Å². The van der Waals surface area contributed by atoms with Crippen LogP contribution >= 0.6 is 24.8 Å². The Morgan fingerprint density at radius 2 is 1.06 bits per heavy atom. The molecule has 2 heterocycles. The highest BCUT2D eigenvalue weighted by Crippen LogP contribution is 2.29. The molecule has 6 heteroatoms. The first-order valence-electron chi connectivity index (χ1n) is 12.7. The molecule has 190 valence electrons. The molecule has 2 saturated heterocycles. The molecule has 0 bridgehead atoms. The molecule has 2 aliphatic rings. The second kappa shape index (κ2) is 17.8. The maximum atomic E-state index is 6.05. The van der Waals surface area contributed by atoms with Crippen molar-refractivity contribution in [1.82, 2.24) is 9.80 Å². The average molecular weight is 510 g/mol. The number of nitrogens with zero attached hydrogens (tertiary/aromatic N) is 2. The van der Waals surface area contributed by atoms with Crippen molar-refractivity contribution in [2.24, 2.45) is 0 Å². The van der Waals surface area contributed by atoms with Crippen LogP contribution in [0.4, 0.5) is 0 Å². The first-order chi connectivity index (χ1) is 15.8. The van der Waals surface area contributed by atoms with E-state index in [0.717, 1.165) is 74.7 Å². The number of piperidine rings is 2. The van der Waals surface area contributed by atoms with E-state index in [0.29, 0.717) is 13.2 Å². The van der Waals surface area contributed by atoms with Crippen LogP contribution in [0.1, 0.15) is 76.3 Å². The Balaban J connectivity index is 0.00000289. The fraction of sp³-hybridized carbons (Fsp3) is 0.643. The molecule has 34 heavy (non-hydrogen) atoms. The van der Waals surface area contributed by atoms with Crippen molar-refractivity contribution in [1.29, 1.82) is 0 Å². The van der Waals surface area contributed by atoms with Gasteiger partial charge in [0.2, 0.25) is 0 Å². The minimum Gasteiger partial charge on any atom is -0.492 e. The van der Waals surface area contributed by atoms with Crippen LogP contribution in [-0.2, 0) is 0 Å². The maximum absolute atomic E-state index is 6.05. The van der Waals surface area contributed by atoms with Gasteiger partial charge in [0.1, 0.15) is 11.5 Å². The summed E-state index contributed by atoms with van der Waals surface area (Å²) in [4.78, 5) is 4.89. The van der Waals surface area contributed by atoms with Crippen molar-refractivity contribution in [2.75, 3.05) is 52.5 Å². The van der Waals surface area contributed by atoms with Crippen LogP contribution in [0.5, 0.6) is 11.5 Å². The van der Waals surface area contributed by atoms with Gasteiger partial charge in [0, 0.05) is 6.07 Å². The minimum absolute atomic E-state index is 0. The van der Waals surface area contributed by atoms with E-state index >= 15 is 0 Å². The van der Waals surface area contributed by atoms with Crippen molar-refractivity contribution in [3.05, 3.63) is 23.3 Å². The summed E-state index contributed by atoms with van der Waals surface area (Å²) in [5.74, 6) is 15.2. The molecular weight excluding hydrogens is 467 g/mol. The lowest BCUT2D eigenvalue weighted by Crippen LogP contribution is -2.29. The fourth-order valence-corrected chi connectivity index (χ4v) is 4.15. The molecule has 0 aliphatic carbocycles. The van der Waals surface area contributed by atoms with Crippen LogP contribution < -0.4 is 9.47 Å². The van der Waals surface area contributed by atoms with Gasteiger partial charge in [-0.3, -0.25) is 9.80 Å². The number of hydrogen-bond donors (Lipinski definition) is 0. The lowest BCUT2D eigenvalue weighted by molar-refractivity contribution is 0.255. The van der Waals surface area contributed by atoms with Crippen molar-refractivity contribution in [3.8, 4) is 35.2 Å². The van der Waals surface area contributed by atoms with Crippen LogP contribution in [0.3, 0.4) is 0 Å². The minimum atomic E-state index is 0. The lowest BCUT2D eigenvalue weighted by atomic mass is 10.1. The number of rotatable bonds is 8. The first kappa shape index (κ1) is 30.5. The van der Waals surface area contributed by atoms with Crippen molar-refractivity contribution >= 4 is 24.8 Å². The van der Waals surface area contributed by atoms with E-state index in [2.05, 4.69) is 53.4 Å². The number of halogens is 2. The van der Waals surface area contributed by atoms with Crippen LogP contribution in [0.2, 0.25) is 0 Å².